The predicted octanol–water partition coefficient (Wildman–Crippen LogP) is 0.820. The Morgan fingerprint density at radius 3 is 2.75 bits per heavy atom. The molecule has 1 aromatic heterocycles. The molecule has 108 valence electrons. The van der Waals surface area contributed by atoms with Gasteiger partial charge in [0.2, 0.25) is 10.0 Å². The number of nitrogens with zero attached hydrogens (tertiary/aromatic N) is 2. The summed E-state index contributed by atoms with van der Waals surface area (Å²) in [6.07, 6.45) is 1.53. The smallest absolute Gasteiger partial charge is 0.245 e. The van der Waals surface area contributed by atoms with Gasteiger partial charge in [-0.25, -0.2) is 8.42 Å². The van der Waals surface area contributed by atoms with E-state index in [4.69, 9.17) is 10.8 Å². The van der Waals surface area contributed by atoms with Crippen LogP contribution in [0.5, 0.6) is 0 Å². The molecule has 0 fully saturated rings. The van der Waals surface area contributed by atoms with E-state index in [0.29, 0.717) is 16.6 Å². The van der Waals surface area contributed by atoms with Gasteiger partial charge < -0.3 is 10.8 Å². The van der Waals surface area contributed by atoms with Crippen LogP contribution in [-0.4, -0.2) is 42.5 Å². The second kappa shape index (κ2) is 5.74. The van der Waals surface area contributed by atoms with Gasteiger partial charge in [-0.2, -0.15) is 4.31 Å². The first-order chi connectivity index (χ1) is 9.52. The molecule has 6 nitrogen and oxygen atoms in total. The number of hydrogen-bond acceptors (Lipinski definition) is 5. The molecule has 3 N–H and O–H groups in total. The molecule has 0 unspecified atom stereocenters. The maximum Gasteiger partial charge on any atom is 0.245 e. The lowest BCUT2D eigenvalue weighted by atomic mass is 10.2. The van der Waals surface area contributed by atoms with Gasteiger partial charge in [0.05, 0.1) is 12.1 Å². The fraction of sp³-hybridized carbons (Fsp3) is 0.308. The molecule has 0 amide bonds. The molecule has 0 atom stereocenters. The Bertz CT molecular complexity index is 716. The van der Waals surface area contributed by atoms with Crippen molar-refractivity contribution in [3.8, 4) is 0 Å². The number of hydrogen-bond donors (Lipinski definition) is 2. The summed E-state index contributed by atoms with van der Waals surface area (Å²) in [6, 6.07) is 6.46. The number of anilines is 1. The molecule has 0 aliphatic carbocycles. The molecule has 1 aromatic carbocycles. The van der Waals surface area contributed by atoms with Gasteiger partial charge in [0, 0.05) is 30.4 Å². The molecule has 0 saturated carbocycles. The molecule has 0 saturated heterocycles. The zero-order valence-electron chi connectivity index (χ0n) is 11.2. The van der Waals surface area contributed by atoms with E-state index in [1.807, 2.05) is 0 Å². The molecule has 7 heteroatoms. The highest BCUT2D eigenvalue weighted by Crippen LogP contribution is 2.27. The minimum atomic E-state index is -3.70. The van der Waals surface area contributed by atoms with Crippen molar-refractivity contribution in [2.24, 2.45) is 0 Å². The Balaban J connectivity index is 2.66. The van der Waals surface area contributed by atoms with Crippen LogP contribution >= 0.6 is 0 Å². The number of sulfonamides is 1. The normalized spacial score (nSPS) is 12.2. The second-order valence-corrected chi connectivity index (χ2v) is 6.18. The average Bonchev–Trinajstić information content (AvgIpc) is 2.45. The third-order valence-electron chi connectivity index (χ3n) is 3.09. The molecule has 0 bridgehead atoms. The van der Waals surface area contributed by atoms with E-state index >= 15 is 0 Å². The van der Waals surface area contributed by atoms with Crippen molar-refractivity contribution < 1.29 is 13.5 Å². The number of benzene rings is 1. The maximum absolute atomic E-state index is 12.6. The lowest BCUT2D eigenvalue weighted by molar-refractivity contribution is 0.257. The summed E-state index contributed by atoms with van der Waals surface area (Å²) in [5.41, 5.74) is 6.68. The topological polar surface area (TPSA) is 96.5 Å². The van der Waals surface area contributed by atoms with Gasteiger partial charge >= 0.3 is 0 Å². The summed E-state index contributed by atoms with van der Waals surface area (Å²) < 4.78 is 26.4. The number of aliphatic hydroxyl groups excluding tert-OH is 1. The van der Waals surface area contributed by atoms with E-state index in [9.17, 15) is 8.42 Å². The number of nitrogens with two attached hydrogens (primary N) is 1. The summed E-state index contributed by atoms with van der Waals surface area (Å²) in [4.78, 5) is 4.25. The van der Waals surface area contributed by atoms with Crippen molar-refractivity contribution in [2.45, 2.75) is 11.8 Å². The van der Waals surface area contributed by atoms with E-state index in [1.54, 1.807) is 25.1 Å². The van der Waals surface area contributed by atoms with Crippen molar-refractivity contribution >= 4 is 26.6 Å². The Morgan fingerprint density at radius 2 is 2.10 bits per heavy atom. The van der Waals surface area contributed by atoms with Gasteiger partial charge in [-0.1, -0.05) is 6.92 Å². The Hall–Kier alpha value is -1.70. The average molecular weight is 295 g/mol. The van der Waals surface area contributed by atoms with Crippen LogP contribution in [0.3, 0.4) is 0 Å². The number of rotatable bonds is 5. The summed E-state index contributed by atoms with van der Waals surface area (Å²) in [7, 11) is -3.70. The van der Waals surface area contributed by atoms with Crippen LogP contribution in [0.4, 0.5) is 5.69 Å². The molecule has 0 aliphatic rings. The van der Waals surface area contributed by atoms with Crippen molar-refractivity contribution in [2.75, 3.05) is 25.4 Å². The largest absolute Gasteiger partial charge is 0.398 e. The Kier molecular flexibility index (Phi) is 4.22. The first-order valence-electron chi connectivity index (χ1n) is 6.26. The fourth-order valence-electron chi connectivity index (χ4n) is 2.08. The van der Waals surface area contributed by atoms with Crippen LogP contribution in [0.2, 0.25) is 0 Å². The third kappa shape index (κ3) is 2.47. The van der Waals surface area contributed by atoms with Gasteiger partial charge in [0.15, 0.2) is 0 Å². The second-order valence-electron chi connectivity index (χ2n) is 4.27. The molecule has 1 heterocycles. The van der Waals surface area contributed by atoms with Crippen LogP contribution in [0, 0.1) is 0 Å². The van der Waals surface area contributed by atoms with E-state index < -0.39 is 10.0 Å². The van der Waals surface area contributed by atoms with Crippen LogP contribution in [0.15, 0.2) is 35.4 Å². The zero-order chi connectivity index (χ0) is 14.8. The van der Waals surface area contributed by atoms with Gasteiger partial charge in [-0.05, 0) is 24.3 Å². The van der Waals surface area contributed by atoms with Crippen LogP contribution in [-0.2, 0) is 10.0 Å². The van der Waals surface area contributed by atoms with Gasteiger partial charge in [-0.3, -0.25) is 4.98 Å². The molecule has 0 aliphatic heterocycles. The van der Waals surface area contributed by atoms with Crippen LogP contribution in [0.25, 0.3) is 10.9 Å². The van der Waals surface area contributed by atoms with E-state index in [2.05, 4.69) is 4.98 Å². The van der Waals surface area contributed by atoms with Crippen LogP contribution in [0.1, 0.15) is 6.92 Å². The molecular weight excluding hydrogens is 278 g/mol. The highest BCUT2D eigenvalue weighted by atomic mass is 32.2. The summed E-state index contributed by atoms with van der Waals surface area (Å²) >= 11 is 0. The fourth-order valence-corrected chi connectivity index (χ4v) is 3.66. The zero-order valence-corrected chi connectivity index (χ0v) is 12.0. The SMILES string of the molecule is CCN(CCO)S(=O)(=O)c1ccc(N)c2cccnc12. The van der Waals surface area contributed by atoms with Crippen molar-refractivity contribution in [3.05, 3.63) is 30.5 Å². The van der Waals surface area contributed by atoms with Gasteiger partial charge in [0.25, 0.3) is 0 Å². The Labute approximate surface area is 117 Å². The quantitative estimate of drug-likeness (QED) is 0.796. The van der Waals surface area contributed by atoms with E-state index in [1.165, 1.54) is 16.6 Å². The molecule has 2 aromatic rings. The van der Waals surface area contributed by atoms with Crippen LogP contribution < -0.4 is 5.73 Å². The maximum atomic E-state index is 12.6. The lowest BCUT2D eigenvalue weighted by Crippen LogP contribution is -2.33. The molecule has 0 radical (unpaired) electrons. The standard InChI is InChI=1S/C13H17N3O3S/c1-2-16(8-9-17)20(18,19)12-6-5-11(14)10-4-3-7-15-13(10)12/h3-7,17H,2,8-9,14H2,1H3. The predicted molar refractivity (Wildman–Crippen MR) is 77.7 cm³/mol. The number of likely N-dealkylation sites (N-methyl/N-ethyl adjacent to an activating group) is 1. The first kappa shape index (κ1) is 14.7. The third-order valence-corrected chi connectivity index (χ3v) is 5.09. The first-order valence-corrected chi connectivity index (χ1v) is 7.70. The summed E-state index contributed by atoms with van der Waals surface area (Å²) in [5, 5.41) is 9.60. The van der Waals surface area contributed by atoms with Gasteiger partial charge in [-0.15, -0.1) is 0 Å². The number of nitrogen functional groups attached to an aromatic ring is 1. The highest BCUT2D eigenvalue weighted by Gasteiger charge is 2.25. The van der Waals surface area contributed by atoms with Crippen molar-refractivity contribution in [1.29, 1.82) is 0 Å². The number of fused-ring (bicyclic) bond motifs is 1. The monoisotopic (exact) mass is 295 g/mol. The van der Waals surface area contributed by atoms with E-state index in [-0.39, 0.29) is 24.6 Å². The molecule has 0 spiro atoms. The number of aliphatic hydroxyl groups is 1. The van der Waals surface area contributed by atoms with E-state index in [0.717, 1.165) is 0 Å². The molecule has 20 heavy (non-hydrogen) atoms. The minimum Gasteiger partial charge on any atom is -0.398 e. The van der Waals surface area contributed by atoms with Gasteiger partial charge in [0.1, 0.15) is 4.90 Å². The number of aromatic nitrogens is 1. The molecular formula is C13H17N3O3S. The summed E-state index contributed by atoms with van der Waals surface area (Å²) in [6.45, 7) is 1.83. The lowest BCUT2D eigenvalue weighted by Gasteiger charge is -2.20. The summed E-state index contributed by atoms with van der Waals surface area (Å²) in [5.74, 6) is 0. The molecule has 2 rings (SSSR count). The minimum absolute atomic E-state index is 0.0531. The number of pyridine rings is 1. The van der Waals surface area contributed by atoms with Crippen molar-refractivity contribution in [3.63, 3.8) is 0 Å². The highest BCUT2D eigenvalue weighted by molar-refractivity contribution is 7.89. The van der Waals surface area contributed by atoms with Crippen molar-refractivity contribution in [1.82, 2.24) is 9.29 Å². The Morgan fingerprint density at radius 1 is 1.35 bits per heavy atom.